The lowest BCUT2D eigenvalue weighted by atomic mass is 9.95. The van der Waals surface area contributed by atoms with Crippen molar-refractivity contribution in [1.82, 2.24) is 20.2 Å². The second kappa shape index (κ2) is 7.62. The summed E-state index contributed by atoms with van der Waals surface area (Å²) in [5.74, 6) is -1.32. The Hall–Kier alpha value is -3.14. The molecule has 0 aliphatic carbocycles. The molecular formula is C17H17N5O4S. The summed E-state index contributed by atoms with van der Waals surface area (Å²) in [6.07, 6.45) is 0. The van der Waals surface area contributed by atoms with Gasteiger partial charge in [-0.2, -0.15) is 4.68 Å². The lowest BCUT2D eigenvalue weighted by molar-refractivity contribution is -0.521. The van der Waals surface area contributed by atoms with Crippen molar-refractivity contribution in [3.05, 3.63) is 76.3 Å². The zero-order valence-electron chi connectivity index (χ0n) is 14.4. The van der Waals surface area contributed by atoms with Crippen molar-refractivity contribution < 1.29 is 13.3 Å². The molecule has 0 saturated heterocycles. The fourth-order valence-corrected chi connectivity index (χ4v) is 4.44. The maximum absolute atomic E-state index is 13.0. The topological polar surface area (TPSA) is 121 Å². The summed E-state index contributed by atoms with van der Waals surface area (Å²) in [6, 6.07) is 16.1. The van der Waals surface area contributed by atoms with Crippen LogP contribution in [-0.2, 0) is 9.84 Å². The molecule has 2 atom stereocenters. The number of hydrogen-bond donors (Lipinski definition) is 0. The summed E-state index contributed by atoms with van der Waals surface area (Å²) >= 11 is 0. The van der Waals surface area contributed by atoms with Gasteiger partial charge in [0.15, 0.2) is 0 Å². The minimum atomic E-state index is -4.00. The minimum Gasteiger partial charge on any atom is -0.264 e. The average Bonchev–Trinajstić information content (AvgIpc) is 3.18. The van der Waals surface area contributed by atoms with Crippen LogP contribution in [-0.4, -0.2) is 45.3 Å². The van der Waals surface area contributed by atoms with Gasteiger partial charge >= 0.3 is 0 Å². The fourth-order valence-electron chi connectivity index (χ4n) is 2.78. The Morgan fingerprint density at radius 1 is 1.07 bits per heavy atom. The van der Waals surface area contributed by atoms with Gasteiger partial charge in [0.2, 0.25) is 15.9 Å². The van der Waals surface area contributed by atoms with Crippen LogP contribution in [0.5, 0.6) is 0 Å². The first kappa shape index (κ1) is 18.6. The van der Waals surface area contributed by atoms with Crippen molar-refractivity contribution in [3.63, 3.8) is 0 Å². The van der Waals surface area contributed by atoms with E-state index in [0.717, 1.165) is 4.68 Å². The zero-order valence-corrected chi connectivity index (χ0v) is 15.2. The van der Waals surface area contributed by atoms with E-state index in [9.17, 15) is 18.5 Å². The van der Waals surface area contributed by atoms with Crippen LogP contribution in [0.15, 0.2) is 65.8 Å². The molecule has 27 heavy (non-hydrogen) atoms. The minimum absolute atomic E-state index is 0.342. The largest absolute Gasteiger partial charge is 0.272 e. The quantitative estimate of drug-likeness (QED) is 0.448. The molecule has 0 unspecified atom stereocenters. The first-order valence-corrected chi connectivity index (χ1v) is 9.80. The Labute approximate surface area is 155 Å². The predicted octanol–water partition coefficient (Wildman–Crippen LogP) is 1.88. The molecule has 3 rings (SSSR count). The van der Waals surface area contributed by atoms with Gasteiger partial charge in [-0.15, -0.1) is 0 Å². The number of nitro groups is 1. The molecule has 0 saturated carbocycles. The van der Waals surface area contributed by atoms with E-state index in [4.69, 9.17) is 0 Å². The molecule has 0 bridgehead atoms. The number of aromatic nitrogens is 4. The summed E-state index contributed by atoms with van der Waals surface area (Å²) in [4.78, 5) is 10.9. The van der Waals surface area contributed by atoms with Gasteiger partial charge in [0, 0.05) is 11.8 Å². The lowest BCUT2D eigenvalue weighted by Gasteiger charge is -2.18. The molecule has 10 heteroatoms. The molecule has 0 fully saturated rings. The molecule has 140 valence electrons. The van der Waals surface area contributed by atoms with Crippen LogP contribution in [0, 0.1) is 10.1 Å². The molecule has 0 spiro atoms. The summed E-state index contributed by atoms with van der Waals surface area (Å²) in [6.45, 7) is 1.40. The molecular weight excluding hydrogens is 370 g/mol. The summed E-state index contributed by atoms with van der Waals surface area (Å²) < 4.78 is 27.1. The van der Waals surface area contributed by atoms with Crippen LogP contribution in [0.2, 0.25) is 0 Å². The Balaban J connectivity index is 2.00. The number of benzene rings is 2. The van der Waals surface area contributed by atoms with Gasteiger partial charge in [0.25, 0.3) is 5.16 Å². The first-order valence-electron chi connectivity index (χ1n) is 8.15. The van der Waals surface area contributed by atoms with Gasteiger partial charge in [0.1, 0.15) is 0 Å². The van der Waals surface area contributed by atoms with Gasteiger partial charge in [-0.25, -0.2) is 8.42 Å². The van der Waals surface area contributed by atoms with Gasteiger partial charge in [-0.05, 0) is 28.1 Å². The van der Waals surface area contributed by atoms with E-state index in [1.807, 2.05) is 0 Å². The van der Waals surface area contributed by atoms with E-state index >= 15 is 0 Å². The van der Waals surface area contributed by atoms with Crippen molar-refractivity contribution >= 4 is 9.84 Å². The van der Waals surface area contributed by atoms with Crippen molar-refractivity contribution in [2.45, 2.75) is 24.0 Å². The molecule has 0 aliphatic heterocycles. The van der Waals surface area contributed by atoms with Crippen molar-refractivity contribution in [2.24, 2.45) is 0 Å². The smallest absolute Gasteiger partial charge is 0.264 e. The lowest BCUT2D eigenvalue weighted by Crippen LogP contribution is -2.30. The van der Waals surface area contributed by atoms with Crippen LogP contribution in [0.1, 0.15) is 18.4 Å². The predicted molar refractivity (Wildman–Crippen MR) is 96.8 cm³/mol. The third kappa shape index (κ3) is 4.00. The molecule has 1 heterocycles. The highest BCUT2D eigenvalue weighted by Gasteiger charge is 2.36. The Kier molecular flexibility index (Phi) is 5.26. The molecule has 0 amide bonds. The molecule has 0 N–H and O–H groups in total. The normalized spacial score (nSPS) is 13.8. The van der Waals surface area contributed by atoms with Gasteiger partial charge in [0.05, 0.1) is 17.4 Å². The molecule has 9 nitrogen and oxygen atoms in total. The zero-order chi connectivity index (χ0) is 19.4. The van der Waals surface area contributed by atoms with Crippen LogP contribution in [0.4, 0.5) is 0 Å². The van der Waals surface area contributed by atoms with Crippen LogP contribution in [0.25, 0.3) is 5.69 Å². The second-order valence-electron chi connectivity index (χ2n) is 6.03. The Morgan fingerprint density at radius 2 is 1.67 bits per heavy atom. The van der Waals surface area contributed by atoms with E-state index in [0.29, 0.717) is 11.3 Å². The Bertz CT molecular complexity index is 1020. The second-order valence-corrected chi connectivity index (χ2v) is 7.96. The number of tetrazole rings is 1. The Morgan fingerprint density at radius 3 is 2.26 bits per heavy atom. The maximum Gasteiger partial charge on any atom is 0.272 e. The van der Waals surface area contributed by atoms with Crippen LogP contribution >= 0.6 is 0 Å². The third-order valence-electron chi connectivity index (χ3n) is 4.26. The van der Waals surface area contributed by atoms with E-state index in [2.05, 4.69) is 15.5 Å². The van der Waals surface area contributed by atoms with Crippen molar-refractivity contribution in [2.75, 3.05) is 5.75 Å². The molecule has 0 aliphatic rings. The highest BCUT2D eigenvalue weighted by molar-refractivity contribution is 7.91. The highest BCUT2D eigenvalue weighted by Crippen LogP contribution is 2.26. The number of sulfone groups is 1. The van der Waals surface area contributed by atoms with E-state index < -0.39 is 32.5 Å². The van der Waals surface area contributed by atoms with Crippen LogP contribution in [0.3, 0.4) is 0 Å². The first-order chi connectivity index (χ1) is 12.9. The standard InChI is InChI=1S/C17H17N5O4S/c1-13(22(23)24)16(14-8-4-2-5-9-14)12-27(25,26)17-18-19-20-21(17)15-10-6-3-7-11-15/h2-11,13,16H,12H2,1H3/t13-,16-/m1/s1. The van der Waals surface area contributed by atoms with Crippen LogP contribution < -0.4 is 0 Å². The molecule has 2 aromatic carbocycles. The molecule has 3 aromatic rings. The SMILES string of the molecule is C[C@H]([C@@H](CS(=O)(=O)c1nnnn1-c1ccccc1)c1ccccc1)[N+](=O)[O-]. The average molecular weight is 387 g/mol. The summed E-state index contributed by atoms with van der Waals surface area (Å²) in [7, 11) is -4.00. The fraction of sp³-hybridized carbons (Fsp3) is 0.235. The number of nitrogens with zero attached hydrogens (tertiary/aromatic N) is 5. The highest BCUT2D eigenvalue weighted by atomic mass is 32.2. The number of para-hydroxylation sites is 1. The van der Waals surface area contributed by atoms with Gasteiger partial charge < -0.3 is 0 Å². The van der Waals surface area contributed by atoms with Crippen molar-refractivity contribution in [3.8, 4) is 5.69 Å². The summed E-state index contributed by atoms with van der Waals surface area (Å²) in [5, 5.41) is 21.9. The third-order valence-corrected chi connectivity index (χ3v) is 5.87. The van der Waals surface area contributed by atoms with E-state index in [-0.39, 0.29) is 5.16 Å². The monoisotopic (exact) mass is 387 g/mol. The number of rotatable bonds is 7. The summed E-state index contributed by atoms with van der Waals surface area (Å²) in [5.41, 5.74) is 1.06. The van der Waals surface area contributed by atoms with Gasteiger partial charge in [-0.3, -0.25) is 10.1 Å². The molecule has 1 aromatic heterocycles. The van der Waals surface area contributed by atoms with Crippen molar-refractivity contribution in [1.29, 1.82) is 0 Å². The maximum atomic E-state index is 13.0. The van der Waals surface area contributed by atoms with Gasteiger partial charge in [-0.1, -0.05) is 53.6 Å². The number of hydrogen-bond acceptors (Lipinski definition) is 7. The van der Waals surface area contributed by atoms with E-state index in [1.165, 1.54) is 6.92 Å². The van der Waals surface area contributed by atoms with E-state index in [1.54, 1.807) is 60.7 Å². The molecule has 0 radical (unpaired) electrons.